The first-order valence-corrected chi connectivity index (χ1v) is 10.2. The Morgan fingerprint density at radius 3 is 2.30 bits per heavy atom. The van der Waals surface area contributed by atoms with Crippen LogP contribution in [0.15, 0.2) is 71.4 Å². The molecule has 4 nitrogen and oxygen atoms in total. The number of hydrogen-bond acceptors (Lipinski definition) is 5. The first-order chi connectivity index (χ1) is 13.3. The number of para-hydroxylation sites is 2. The van der Waals surface area contributed by atoms with Crippen LogP contribution in [-0.4, -0.2) is 10.9 Å². The van der Waals surface area contributed by atoms with E-state index in [0.717, 1.165) is 33.2 Å². The van der Waals surface area contributed by atoms with Crippen molar-refractivity contribution in [3.63, 3.8) is 0 Å². The quantitative estimate of drug-likeness (QED) is 0.485. The number of aromatic nitrogens is 1. The van der Waals surface area contributed by atoms with E-state index in [1.807, 2.05) is 71.4 Å². The number of nitrogens with one attached hydrogen (secondary N) is 1. The number of thiophene rings is 1. The molecule has 1 aliphatic rings. The van der Waals surface area contributed by atoms with E-state index in [1.165, 1.54) is 11.3 Å². The summed E-state index contributed by atoms with van der Waals surface area (Å²) in [5.41, 5.74) is 2.62. The molecular formula is C21H14N2O2S2. The summed E-state index contributed by atoms with van der Waals surface area (Å²) in [5.74, 6) is 0.898. The Morgan fingerprint density at radius 2 is 1.63 bits per heavy atom. The molecule has 3 heterocycles. The van der Waals surface area contributed by atoms with Crippen molar-refractivity contribution in [2.75, 3.05) is 5.32 Å². The molecule has 0 atom stereocenters. The van der Waals surface area contributed by atoms with E-state index in [0.29, 0.717) is 5.13 Å². The van der Waals surface area contributed by atoms with Gasteiger partial charge >= 0.3 is 0 Å². The van der Waals surface area contributed by atoms with E-state index in [2.05, 4.69) is 10.3 Å². The smallest absolute Gasteiger partial charge is 0.238 e. The highest BCUT2D eigenvalue weighted by Gasteiger charge is 2.32. The van der Waals surface area contributed by atoms with E-state index in [1.54, 1.807) is 11.3 Å². The highest BCUT2D eigenvalue weighted by atomic mass is 32.1. The third-order valence-electron chi connectivity index (χ3n) is 4.45. The second-order valence-electron chi connectivity index (χ2n) is 6.12. The maximum absolute atomic E-state index is 13.2. The summed E-state index contributed by atoms with van der Waals surface area (Å²) in [6.45, 7) is 0. The molecule has 1 amide bonds. The minimum atomic E-state index is -0.430. The van der Waals surface area contributed by atoms with Crippen molar-refractivity contribution in [1.29, 1.82) is 0 Å². The van der Waals surface area contributed by atoms with Gasteiger partial charge in [-0.2, -0.15) is 0 Å². The minimum Gasteiger partial charge on any atom is -0.457 e. The van der Waals surface area contributed by atoms with Crippen LogP contribution >= 0.6 is 22.7 Å². The lowest BCUT2D eigenvalue weighted by Gasteiger charge is -2.27. The highest BCUT2D eigenvalue weighted by molar-refractivity contribution is 7.16. The number of nitrogens with zero attached hydrogens (tertiary/aromatic N) is 1. The molecule has 0 fully saturated rings. The molecule has 5 rings (SSSR count). The molecule has 6 heteroatoms. The average molecular weight is 390 g/mol. The normalized spacial score (nSPS) is 12.7. The molecule has 27 heavy (non-hydrogen) atoms. The van der Waals surface area contributed by atoms with Gasteiger partial charge in [-0.3, -0.25) is 4.79 Å². The van der Waals surface area contributed by atoms with Crippen molar-refractivity contribution in [3.8, 4) is 22.1 Å². The summed E-state index contributed by atoms with van der Waals surface area (Å²) in [5, 5.41) is 7.58. The molecule has 132 valence electrons. The van der Waals surface area contributed by atoms with Gasteiger partial charge in [0.2, 0.25) is 5.91 Å². The molecule has 2 aromatic heterocycles. The van der Waals surface area contributed by atoms with Crippen LogP contribution < -0.4 is 10.1 Å². The first kappa shape index (κ1) is 16.2. The molecule has 0 spiro atoms. The van der Waals surface area contributed by atoms with Gasteiger partial charge in [0.05, 0.1) is 16.5 Å². The fourth-order valence-corrected chi connectivity index (χ4v) is 4.71. The summed E-state index contributed by atoms with van der Waals surface area (Å²) >= 11 is 3.07. The fraction of sp³-hybridized carbons (Fsp3) is 0.0476. The zero-order valence-corrected chi connectivity index (χ0v) is 15.7. The van der Waals surface area contributed by atoms with Crippen molar-refractivity contribution in [3.05, 3.63) is 82.6 Å². The largest absolute Gasteiger partial charge is 0.457 e. The van der Waals surface area contributed by atoms with Crippen LogP contribution in [0.2, 0.25) is 0 Å². The fourth-order valence-electron chi connectivity index (χ4n) is 3.24. The van der Waals surface area contributed by atoms with Crippen LogP contribution in [0.4, 0.5) is 5.13 Å². The van der Waals surface area contributed by atoms with Crippen LogP contribution in [0.5, 0.6) is 11.5 Å². The molecule has 0 unspecified atom stereocenters. The number of amides is 1. The number of hydrogen-bond donors (Lipinski definition) is 1. The summed E-state index contributed by atoms with van der Waals surface area (Å²) in [4.78, 5) is 18.8. The predicted molar refractivity (Wildman–Crippen MR) is 109 cm³/mol. The Bertz CT molecular complexity index is 1070. The number of ether oxygens (including phenoxy) is 1. The van der Waals surface area contributed by atoms with Crippen LogP contribution in [0.1, 0.15) is 17.0 Å². The number of carbonyl (C=O) groups excluding carboxylic acids is 1. The maximum Gasteiger partial charge on any atom is 0.238 e. The van der Waals surface area contributed by atoms with Gasteiger partial charge in [0.25, 0.3) is 0 Å². The molecule has 0 radical (unpaired) electrons. The lowest BCUT2D eigenvalue weighted by molar-refractivity contribution is -0.116. The molecule has 4 aromatic rings. The minimum absolute atomic E-state index is 0.106. The molecule has 2 aromatic carbocycles. The number of thiazole rings is 1. The van der Waals surface area contributed by atoms with Crippen molar-refractivity contribution in [1.82, 2.24) is 4.98 Å². The van der Waals surface area contributed by atoms with E-state index in [-0.39, 0.29) is 5.91 Å². The number of carbonyl (C=O) groups is 1. The van der Waals surface area contributed by atoms with E-state index < -0.39 is 5.92 Å². The average Bonchev–Trinajstić information content (AvgIpc) is 3.37. The molecular weight excluding hydrogens is 376 g/mol. The van der Waals surface area contributed by atoms with Gasteiger partial charge in [0, 0.05) is 16.5 Å². The molecule has 0 bridgehead atoms. The van der Waals surface area contributed by atoms with Crippen LogP contribution in [0, 0.1) is 0 Å². The van der Waals surface area contributed by atoms with Gasteiger partial charge in [-0.25, -0.2) is 4.98 Å². The third kappa shape index (κ3) is 2.93. The Labute approximate surface area is 164 Å². The van der Waals surface area contributed by atoms with E-state index in [4.69, 9.17) is 4.74 Å². The van der Waals surface area contributed by atoms with Gasteiger partial charge in [-0.1, -0.05) is 42.5 Å². The van der Waals surface area contributed by atoms with Gasteiger partial charge in [-0.15, -0.1) is 22.7 Å². The molecule has 0 saturated heterocycles. The Morgan fingerprint density at radius 1 is 0.926 bits per heavy atom. The van der Waals surface area contributed by atoms with Gasteiger partial charge < -0.3 is 10.1 Å². The standard InChI is InChI=1S/C21H14N2O2S2/c24-20(23-21-22-15(12-27-21)18-10-5-11-26-18)19-13-6-1-3-8-16(13)25-17-9-4-2-7-14(17)19/h1-12,19H,(H,22,23,24). The SMILES string of the molecule is O=C(Nc1nc(-c2cccs2)cs1)C1c2ccccc2Oc2ccccc21. The van der Waals surface area contributed by atoms with Crippen molar-refractivity contribution >= 4 is 33.7 Å². The van der Waals surface area contributed by atoms with Gasteiger partial charge in [0.1, 0.15) is 11.5 Å². The van der Waals surface area contributed by atoms with Crippen molar-refractivity contribution in [2.24, 2.45) is 0 Å². The zero-order valence-electron chi connectivity index (χ0n) is 14.1. The van der Waals surface area contributed by atoms with Crippen LogP contribution in [0.3, 0.4) is 0 Å². The molecule has 0 saturated carbocycles. The summed E-state index contributed by atoms with van der Waals surface area (Å²) < 4.78 is 5.97. The lowest BCUT2D eigenvalue weighted by Crippen LogP contribution is -2.25. The lowest BCUT2D eigenvalue weighted by atomic mass is 9.87. The monoisotopic (exact) mass is 390 g/mol. The van der Waals surface area contributed by atoms with Crippen LogP contribution in [0.25, 0.3) is 10.6 Å². The van der Waals surface area contributed by atoms with Crippen LogP contribution in [-0.2, 0) is 4.79 Å². The van der Waals surface area contributed by atoms with Crippen molar-refractivity contribution < 1.29 is 9.53 Å². The molecule has 1 aliphatic heterocycles. The zero-order chi connectivity index (χ0) is 18.2. The topological polar surface area (TPSA) is 51.2 Å². The second kappa shape index (κ2) is 6.64. The summed E-state index contributed by atoms with van der Waals surface area (Å²) in [6, 6.07) is 19.4. The Balaban J connectivity index is 1.48. The van der Waals surface area contributed by atoms with Crippen molar-refractivity contribution in [2.45, 2.75) is 5.92 Å². The van der Waals surface area contributed by atoms with Gasteiger partial charge in [-0.05, 0) is 23.6 Å². The molecule has 0 aliphatic carbocycles. The number of anilines is 1. The van der Waals surface area contributed by atoms with E-state index >= 15 is 0 Å². The predicted octanol–water partition coefficient (Wildman–Crippen LogP) is 5.75. The Hall–Kier alpha value is -2.96. The second-order valence-corrected chi connectivity index (χ2v) is 7.92. The van der Waals surface area contributed by atoms with E-state index in [9.17, 15) is 4.79 Å². The summed E-state index contributed by atoms with van der Waals surface area (Å²) in [7, 11) is 0. The number of benzene rings is 2. The maximum atomic E-state index is 13.2. The molecule has 1 N–H and O–H groups in total. The highest BCUT2D eigenvalue weighted by Crippen LogP contribution is 2.44. The Kier molecular flexibility index (Phi) is 3.99. The summed E-state index contributed by atoms with van der Waals surface area (Å²) in [6.07, 6.45) is 0. The van der Waals surface area contributed by atoms with Gasteiger partial charge in [0.15, 0.2) is 5.13 Å². The number of fused-ring (bicyclic) bond motifs is 2. The third-order valence-corrected chi connectivity index (χ3v) is 6.10. The first-order valence-electron chi connectivity index (χ1n) is 8.45. The number of rotatable bonds is 3.